The molecule has 0 aliphatic rings. The molecule has 0 spiro atoms. The minimum Gasteiger partial charge on any atom is -0.462 e. The van der Waals surface area contributed by atoms with Crippen LogP contribution in [0.5, 0.6) is 0 Å². The summed E-state index contributed by atoms with van der Waals surface area (Å²) < 4.78 is 16.7. The second kappa shape index (κ2) is 51.0. The third-order valence-corrected chi connectivity index (χ3v) is 10.5. The largest absolute Gasteiger partial charge is 0.462 e. The number of ether oxygens (including phenoxy) is 3. The van der Waals surface area contributed by atoms with Gasteiger partial charge in [0.1, 0.15) is 13.2 Å². The summed E-state index contributed by atoms with van der Waals surface area (Å²) in [6.07, 6.45) is 66.8. The molecule has 0 aliphatic carbocycles. The minimum atomic E-state index is -0.813. The lowest BCUT2D eigenvalue weighted by molar-refractivity contribution is -0.167. The molecule has 0 radical (unpaired) electrons. The molecule has 6 heteroatoms. The number of carbonyl (C=O) groups is 3. The highest BCUT2D eigenvalue weighted by molar-refractivity contribution is 5.71. The quantitative estimate of drug-likeness (QED) is 0.0262. The highest BCUT2D eigenvalue weighted by Gasteiger charge is 2.19. The van der Waals surface area contributed by atoms with Gasteiger partial charge in [-0.2, -0.15) is 0 Å². The molecule has 6 nitrogen and oxygen atoms in total. The van der Waals surface area contributed by atoms with Gasteiger partial charge in [0.25, 0.3) is 0 Å². The van der Waals surface area contributed by atoms with Crippen molar-refractivity contribution in [2.45, 2.75) is 232 Å². The first-order chi connectivity index (χ1) is 31.0. The highest BCUT2D eigenvalue weighted by Crippen LogP contribution is 2.12. The SMILES string of the molecule is CCCC/C=C\CCCCCCCC(=O)O[C@H](COC(=O)CCC/C=C\C/C=C\C/C=C\C/C=C\CCCCC)COC(=O)CCCCCC/C=C\C/C=C\C/C=C\CCCCC. The maximum Gasteiger partial charge on any atom is 0.306 e. The molecular weight excluding hydrogens is 781 g/mol. The molecule has 0 rings (SSSR count). The van der Waals surface area contributed by atoms with E-state index in [2.05, 4.69) is 118 Å². The van der Waals surface area contributed by atoms with Crippen LogP contribution < -0.4 is 0 Å². The van der Waals surface area contributed by atoms with Gasteiger partial charge in [-0.25, -0.2) is 0 Å². The fraction of sp³-hybridized carbons (Fsp3) is 0.667. The van der Waals surface area contributed by atoms with Crippen molar-refractivity contribution >= 4 is 17.9 Å². The van der Waals surface area contributed by atoms with E-state index < -0.39 is 6.10 Å². The van der Waals surface area contributed by atoms with E-state index in [4.69, 9.17) is 14.2 Å². The number of hydrogen-bond acceptors (Lipinski definition) is 6. The van der Waals surface area contributed by atoms with Gasteiger partial charge < -0.3 is 14.2 Å². The predicted molar refractivity (Wildman–Crippen MR) is 270 cm³/mol. The standard InChI is InChI=1S/C57H94O6/c1-4-7-10-13-16-19-22-24-26-28-30-32-35-37-40-43-46-49-55(58)61-52-54(63-57(60)51-48-45-42-39-34-21-18-15-12-9-6-3)53-62-56(59)50-47-44-41-38-36-33-31-29-27-25-23-20-17-14-11-8-5-2/h15-20,24-27,30-33,37,40,54H,4-14,21-23,28-29,34-36,38-39,41-53H2,1-3H3/b18-15-,19-16-,20-17-,26-24-,27-25-,32-30-,33-31-,40-37-/t54-/m1/s1. The third kappa shape index (κ3) is 49.2. The molecule has 0 aromatic carbocycles. The Morgan fingerprint density at radius 2 is 0.603 bits per heavy atom. The van der Waals surface area contributed by atoms with Crippen LogP contribution in [0.1, 0.15) is 226 Å². The molecule has 0 saturated carbocycles. The Morgan fingerprint density at radius 3 is 1.02 bits per heavy atom. The fourth-order valence-electron chi connectivity index (χ4n) is 6.60. The molecule has 0 aromatic rings. The lowest BCUT2D eigenvalue weighted by Gasteiger charge is -2.18. The average molecular weight is 875 g/mol. The van der Waals surface area contributed by atoms with Gasteiger partial charge in [-0.1, -0.05) is 189 Å². The van der Waals surface area contributed by atoms with Crippen LogP contribution in [0.3, 0.4) is 0 Å². The molecule has 0 aliphatic heterocycles. The van der Waals surface area contributed by atoms with Crippen LogP contribution in [0.2, 0.25) is 0 Å². The van der Waals surface area contributed by atoms with Crippen molar-refractivity contribution < 1.29 is 28.6 Å². The zero-order valence-corrected chi connectivity index (χ0v) is 40.8. The van der Waals surface area contributed by atoms with Crippen LogP contribution in [0, 0.1) is 0 Å². The van der Waals surface area contributed by atoms with E-state index in [1.807, 2.05) is 0 Å². The first kappa shape index (κ1) is 59.3. The summed E-state index contributed by atoms with van der Waals surface area (Å²) in [4.78, 5) is 37.9. The van der Waals surface area contributed by atoms with Crippen LogP contribution >= 0.6 is 0 Å². The second-order valence-electron chi connectivity index (χ2n) is 16.7. The van der Waals surface area contributed by atoms with Gasteiger partial charge in [0.05, 0.1) is 0 Å². The Bertz CT molecular complexity index is 1280. The van der Waals surface area contributed by atoms with Crippen molar-refractivity contribution in [1.82, 2.24) is 0 Å². The lowest BCUT2D eigenvalue weighted by Crippen LogP contribution is -2.30. The molecule has 63 heavy (non-hydrogen) atoms. The van der Waals surface area contributed by atoms with Crippen LogP contribution in [0.25, 0.3) is 0 Å². The first-order valence-electron chi connectivity index (χ1n) is 25.7. The molecule has 0 amide bonds. The van der Waals surface area contributed by atoms with Crippen molar-refractivity contribution in [1.29, 1.82) is 0 Å². The number of unbranched alkanes of at least 4 members (excludes halogenated alkanes) is 18. The third-order valence-electron chi connectivity index (χ3n) is 10.5. The van der Waals surface area contributed by atoms with E-state index in [9.17, 15) is 14.4 Å². The van der Waals surface area contributed by atoms with Gasteiger partial charge in [-0.3, -0.25) is 14.4 Å². The Balaban J connectivity index is 4.50. The molecule has 0 unspecified atom stereocenters. The molecule has 0 fully saturated rings. The predicted octanol–water partition coefficient (Wildman–Crippen LogP) is 17.0. The van der Waals surface area contributed by atoms with E-state index in [0.29, 0.717) is 19.3 Å². The maximum atomic E-state index is 12.8. The van der Waals surface area contributed by atoms with Gasteiger partial charge in [0.15, 0.2) is 6.10 Å². The number of allylic oxidation sites excluding steroid dienone is 16. The Labute approximate surface area is 387 Å². The monoisotopic (exact) mass is 875 g/mol. The van der Waals surface area contributed by atoms with Gasteiger partial charge in [0, 0.05) is 19.3 Å². The number of rotatable bonds is 45. The molecule has 0 saturated heterocycles. The van der Waals surface area contributed by atoms with Gasteiger partial charge in [-0.05, 0) is 116 Å². The fourth-order valence-corrected chi connectivity index (χ4v) is 6.60. The van der Waals surface area contributed by atoms with Crippen molar-refractivity contribution in [3.8, 4) is 0 Å². The van der Waals surface area contributed by atoms with E-state index >= 15 is 0 Å². The zero-order chi connectivity index (χ0) is 45.8. The lowest BCUT2D eigenvalue weighted by atomic mass is 10.1. The van der Waals surface area contributed by atoms with Crippen LogP contribution in [0.4, 0.5) is 0 Å². The molecule has 1 atom stereocenters. The Morgan fingerprint density at radius 1 is 0.317 bits per heavy atom. The highest BCUT2D eigenvalue weighted by atomic mass is 16.6. The van der Waals surface area contributed by atoms with E-state index in [-0.39, 0.29) is 37.5 Å². The number of carbonyl (C=O) groups excluding carboxylic acids is 3. The minimum absolute atomic E-state index is 0.111. The Kier molecular flexibility index (Phi) is 48.0. The van der Waals surface area contributed by atoms with Gasteiger partial charge in [-0.15, -0.1) is 0 Å². The molecular formula is C57H94O6. The zero-order valence-electron chi connectivity index (χ0n) is 40.8. The summed E-state index contributed by atoms with van der Waals surface area (Å²) in [5.74, 6) is -1.00. The van der Waals surface area contributed by atoms with Crippen molar-refractivity contribution in [3.05, 3.63) is 97.2 Å². The van der Waals surface area contributed by atoms with Crippen LogP contribution in [0.15, 0.2) is 97.2 Å². The van der Waals surface area contributed by atoms with E-state index in [0.717, 1.165) is 103 Å². The summed E-state index contributed by atoms with van der Waals surface area (Å²) in [5.41, 5.74) is 0. The molecule has 0 bridgehead atoms. The normalized spacial score (nSPS) is 12.9. The smallest absolute Gasteiger partial charge is 0.306 e. The number of esters is 3. The van der Waals surface area contributed by atoms with Gasteiger partial charge in [0.2, 0.25) is 0 Å². The molecule has 0 aromatic heterocycles. The van der Waals surface area contributed by atoms with Crippen LogP contribution in [-0.2, 0) is 28.6 Å². The summed E-state index contributed by atoms with van der Waals surface area (Å²) in [6.45, 7) is 6.45. The van der Waals surface area contributed by atoms with Crippen molar-refractivity contribution in [2.75, 3.05) is 13.2 Å². The number of hydrogen-bond donors (Lipinski definition) is 0. The first-order valence-corrected chi connectivity index (χ1v) is 25.7. The topological polar surface area (TPSA) is 78.9 Å². The van der Waals surface area contributed by atoms with E-state index in [1.165, 1.54) is 77.0 Å². The molecule has 358 valence electrons. The summed E-state index contributed by atoms with van der Waals surface area (Å²) in [5, 5.41) is 0. The summed E-state index contributed by atoms with van der Waals surface area (Å²) in [6, 6.07) is 0. The van der Waals surface area contributed by atoms with Crippen LogP contribution in [-0.4, -0.2) is 37.2 Å². The van der Waals surface area contributed by atoms with Gasteiger partial charge >= 0.3 is 17.9 Å². The molecule has 0 N–H and O–H groups in total. The second-order valence-corrected chi connectivity index (χ2v) is 16.7. The summed E-state index contributed by atoms with van der Waals surface area (Å²) in [7, 11) is 0. The van der Waals surface area contributed by atoms with Crippen molar-refractivity contribution in [2.24, 2.45) is 0 Å². The Hall–Kier alpha value is -3.67. The maximum absolute atomic E-state index is 12.8. The van der Waals surface area contributed by atoms with E-state index in [1.54, 1.807) is 0 Å². The average Bonchev–Trinajstić information content (AvgIpc) is 3.28. The molecule has 0 heterocycles. The van der Waals surface area contributed by atoms with Crippen molar-refractivity contribution in [3.63, 3.8) is 0 Å². The summed E-state index contributed by atoms with van der Waals surface area (Å²) >= 11 is 0.